The molecule has 3 heterocycles. The molecule has 0 spiro atoms. The van der Waals surface area contributed by atoms with Crippen LogP contribution >= 0.6 is 11.3 Å². The molecule has 0 N–H and O–H groups in total. The van der Waals surface area contributed by atoms with E-state index in [1.165, 1.54) is 0 Å². The number of carbonyl (C=O) groups excluding carboxylic acids is 1. The lowest BCUT2D eigenvalue weighted by Gasteiger charge is -2.43. The number of ether oxygens (including phenoxy) is 2. The van der Waals surface area contributed by atoms with Crippen molar-refractivity contribution in [3.8, 4) is 10.6 Å². The van der Waals surface area contributed by atoms with Gasteiger partial charge in [-0.25, -0.2) is 0 Å². The van der Waals surface area contributed by atoms with E-state index in [0.717, 1.165) is 48.6 Å². The molecule has 0 radical (unpaired) electrons. The van der Waals surface area contributed by atoms with E-state index < -0.39 is 0 Å². The fourth-order valence-corrected chi connectivity index (χ4v) is 5.30. The van der Waals surface area contributed by atoms with Gasteiger partial charge < -0.3 is 18.8 Å². The summed E-state index contributed by atoms with van der Waals surface area (Å²) in [5, 5.41) is 2.04. The van der Waals surface area contributed by atoms with Gasteiger partial charge in [0, 0.05) is 33.6 Å². The Balaban J connectivity index is 1.39. The van der Waals surface area contributed by atoms with Gasteiger partial charge >= 0.3 is 0 Å². The smallest absolute Gasteiger partial charge is 0.223 e. The molecule has 2 aromatic heterocycles. The maximum Gasteiger partial charge on any atom is 0.223 e. The van der Waals surface area contributed by atoms with Gasteiger partial charge in [0.15, 0.2) is 0 Å². The Morgan fingerprint density at radius 2 is 2.22 bits per heavy atom. The molecule has 146 valence electrons. The summed E-state index contributed by atoms with van der Waals surface area (Å²) in [7, 11) is 3.54. The highest BCUT2D eigenvalue weighted by Crippen LogP contribution is 2.43. The second-order valence-corrected chi connectivity index (χ2v) is 8.44. The summed E-state index contributed by atoms with van der Waals surface area (Å²) in [4.78, 5) is 16.1. The van der Waals surface area contributed by atoms with Crippen LogP contribution in [-0.4, -0.2) is 49.3 Å². The first-order valence-corrected chi connectivity index (χ1v) is 10.5. The van der Waals surface area contributed by atoms with Gasteiger partial charge in [-0.3, -0.25) is 4.79 Å². The normalized spacial score (nSPS) is 27.7. The molecular formula is C21H27NO4S. The minimum Gasteiger partial charge on any atom is -0.460 e. The van der Waals surface area contributed by atoms with Crippen LogP contribution in [0.25, 0.3) is 10.6 Å². The molecule has 1 aliphatic heterocycles. The zero-order valence-corrected chi connectivity index (χ0v) is 16.8. The lowest BCUT2D eigenvalue weighted by molar-refractivity contribution is -0.140. The Morgan fingerprint density at radius 3 is 2.96 bits per heavy atom. The van der Waals surface area contributed by atoms with E-state index in [2.05, 4.69) is 0 Å². The molecule has 1 saturated carbocycles. The molecule has 5 nitrogen and oxygen atoms in total. The van der Waals surface area contributed by atoms with Crippen LogP contribution in [0.5, 0.6) is 0 Å². The van der Waals surface area contributed by atoms with Crippen LogP contribution in [-0.2, 0) is 20.7 Å². The van der Waals surface area contributed by atoms with Crippen molar-refractivity contribution in [2.24, 2.45) is 0 Å². The van der Waals surface area contributed by atoms with Crippen molar-refractivity contribution in [2.75, 3.05) is 20.8 Å². The Hall–Kier alpha value is -1.63. The number of fused-ring (bicyclic) bond motifs is 1. The summed E-state index contributed by atoms with van der Waals surface area (Å²) in [5.74, 6) is 1.93. The van der Waals surface area contributed by atoms with Crippen LogP contribution in [0.3, 0.4) is 0 Å². The summed E-state index contributed by atoms with van der Waals surface area (Å²) in [6.45, 7) is 0.770. The first-order chi connectivity index (χ1) is 13.1. The van der Waals surface area contributed by atoms with Crippen molar-refractivity contribution in [3.63, 3.8) is 0 Å². The van der Waals surface area contributed by atoms with Crippen molar-refractivity contribution in [2.45, 2.75) is 56.3 Å². The maximum absolute atomic E-state index is 13.0. The van der Waals surface area contributed by atoms with E-state index in [0.29, 0.717) is 12.8 Å². The van der Waals surface area contributed by atoms with Gasteiger partial charge in [-0.05, 0) is 49.3 Å². The molecule has 27 heavy (non-hydrogen) atoms. The Kier molecular flexibility index (Phi) is 5.39. The molecule has 3 atom stereocenters. The monoisotopic (exact) mass is 389 g/mol. The number of hydrogen-bond donors (Lipinski definition) is 0. The lowest BCUT2D eigenvalue weighted by atomic mass is 9.79. The number of thiophene rings is 1. The minimum absolute atomic E-state index is 0.118. The average molecular weight is 390 g/mol. The van der Waals surface area contributed by atoms with Crippen molar-refractivity contribution in [1.82, 2.24) is 4.90 Å². The molecule has 2 fully saturated rings. The first kappa shape index (κ1) is 18.7. The standard InChI is InChI=1S/C21H27NO4S/c1-24-16-9-10-21(25-2)11-12-22(19(21)14-16)20(23)8-6-15-5-7-17(26-15)18-4-3-13-27-18/h3-5,7,13,16,19H,6,8-12,14H2,1-2H3/t16-,19+,21-/m1/s1. The minimum atomic E-state index is -0.193. The maximum atomic E-state index is 13.0. The molecule has 2 aliphatic rings. The number of hydrogen-bond acceptors (Lipinski definition) is 5. The third-order valence-electron chi connectivity index (χ3n) is 6.21. The van der Waals surface area contributed by atoms with Gasteiger partial charge in [-0.2, -0.15) is 0 Å². The van der Waals surface area contributed by atoms with E-state index in [4.69, 9.17) is 13.9 Å². The predicted octanol–water partition coefficient (Wildman–Crippen LogP) is 4.13. The van der Waals surface area contributed by atoms with E-state index in [-0.39, 0.29) is 23.7 Å². The topological polar surface area (TPSA) is 51.9 Å². The summed E-state index contributed by atoms with van der Waals surface area (Å²) < 4.78 is 17.4. The van der Waals surface area contributed by atoms with Crippen LogP contribution in [0.1, 0.15) is 37.9 Å². The first-order valence-electron chi connectivity index (χ1n) is 9.65. The molecule has 0 unspecified atom stereocenters. The van der Waals surface area contributed by atoms with E-state index >= 15 is 0 Å². The number of likely N-dealkylation sites (tertiary alicyclic amines) is 1. The second-order valence-electron chi connectivity index (χ2n) is 7.50. The van der Waals surface area contributed by atoms with Crippen LogP contribution < -0.4 is 0 Å². The zero-order valence-electron chi connectivity index (χ0n) is 16.0. The number of furan rings is 1. The third-order valence-corrected chi connectivity index (χ3v) is 7.09. The van der Waals surface area contributed by atoms with Gasteiger partial charge in [-0.1, -0.05) is 6.07 Å². The summed E-state index contributed by atoms with van der Waals surface area (Å²) in [5.41, 5.74) is -0.193. The zero-order chi connectivity index (χ0) is 18.9. The largest absolute Gasteiger partial charge is 0.460 e. The van der Waals surface area contributed by atoms with Crippen molar-refractivity contribution >= 4 is 17.2 Å². The van der Waals surface area contributed by atoms with Gasteiger partial charge in [0.2, 0.25) is 5.91 Å². The highest BCUT2D eigenvalue weighted by Gasteiger charge is 2.52. The lowest BCUT2D eigenvalue weighted by Crippen LogP contribution is -2.53. The fourth-order valence-electron chi connectivity index (χ4n) is 4.61. The summed E-state index contributed by atoms with van der Waals surface area (Å²) >= 11 is 1.66. The molecular weight excluding hydrogens is 362 g/mol. The third kappa shape index (κ3) is 3.58. The number of rotatable bonds is 6. The van der Waals surface area contributed by atoms with Crippen molar-refractivity contribution < 1.29 is 18.7 Å². The highest BCUT2D eigenvalue weighted by molar-refractivity contribution is 7.13. The molecule has 1 aliphatic carbocycles. The summed E-state index contributed by atoms with van der Waals surface area (Å²) in [6, 6.07) is 8.14. The van der Waals surface area contributed by atoms with Crippen molar-refractivity contribution in [1.29, 1.82) is 0 Å². The average Bonchev–Trinajstić information content (AvgIpc) is 3.44. The number of amides is 1. The van der Waals surface area contributed by atoms with Crippen LogP contribution in [0.2, 0.25) is 0 Å². The molecule has 0 bridgehead atoms. The number of nitrogens with zero attached hydrogens (tertiary/aromatic N) is 1. The SMILES string of the molecule is CO[C@@H]1CC[C@@]2(OC)CCN(C(=O)CCc3ccc(-c4cccs4)o3)[C@H]2C1. The molecule has 2 aromatic rings. The quantitative estimate of drug-likeness (QED) is 0.746. The number of aryl methyl sites for hydroxylation is 1. The predicted molar refractivity (Wildman–Crippen MR) is 105 cm³/mol. The Bertz CT molecular complexity index is 771. The molecule has 1 amide bonds. The van der Waals surface area contributed by atoms with E-state index in [1.807, 2.05) is 34.5 Å². The van der Waals surface area contributed by atoms with E-state index in [1.54, 1.807) is 25.6 Å². The van der Waals surface area contributed by atoms with Gasteiger partial charge in [0.25, 0.3) is 0 Å². The van der Waals surface area contributed by atoms with Gasteiger partial charge in [-0.15, -0.1) is 11.3 Å². The molecule has 4 rings (SSSR count). The fraction of sp³-hybridized carbons (Fsp3) is 0.571. The highest BCUT2D eigenvalue weighted by atomic mass is 32.1. The van der Waals surface area contributed by atoms with Crippen LogP contribution in [0.15, 0.2) is 34.1 Å². The second kappa shape index (κ2) is 7.78. The Morgan fingerprint density at radius 1 is 1.33 bits per heavy atom. The number of carbonyl (C=O) groups is 1. The Labute approximate surface area is 164 Å². The molecule has 6 heteroatoms. The van der Waals surface area contributed by atoms with E-state index in [9.17, 15) is 4.79 Å². The van der Waals surface area contributed by atoms with Crippen LogP contribution in [0, 0.1) is 0 Å². The summed E-state index contributed by atoms with van der Waals surface area (Å²) in [6.07, 6.45) is 5.04. The number of methoxy groups -OCH3 is 2. The van der Waals surface area contributed by atoms with Gasteiger partial charge in [0.05, 0.1) is 22.6 Å². The van der Waals surface area contributed by atoms with Crippen LogP contribution in [0.4, 0.5) is 0 Å². The molecule has 1 saturated heterocycles. The molecule has 0 aromatic carbocycles. The van der Waals surface area contributed by atoms with Crippen molar-refractivity contribution in [3.05, 3.63) is 35.4 Å². The van der Waals surface area contributed by atoms with Gasteiger partial charge in [0.1, 0.15) is 11.5 Å².